The van der Waals surface area contributed by atoms with Gasteiger partial charge in [-0.2, -0.15) is 0 Å². The number of amides is 1. The number of aryl methyl sites for hydroxylation is 4. The van der Waals surface area contributed by atoms with E-state index in [4.69, 9.17) is 0 Å². The summed E-state index contributed by atoms with van der Waals surface area (Å²) in [6.45, 7) is 7.75. The van der Waals surface area contributed by atoms with Crippen molar-refractivity contribution in [2.75, 3.05) is 5.32 Å². The number of H-pyrrole nitrogens is 1. The van der Waals surface area contributed by atoms with Crippen molar-refractivity contribution in [3.05, 3.63) is 79.9 Å². The molecule has 2 aromatic heterocycles. The van der Waals surface area contributed by atoms with Crippen LogP contribution in [-0.2, 0) is 0 Å². The number of nitrogens with zero attached hydrogens (tertiary/aromatic N) is 1. The zero-order chi connectivity index (χ0) is 20.7. The van der Waals surface area contributed by atoms with Gasteiger partial charge >= 0.3 is 0 Å². The molecule has 0 atom stereocenters. The van der Waals surface area contributed by atoms with Gasteiger partial charge < -0.3 is 10.3 Å². The molecule has 2 N–H and O–H groups in total. The molecule has 0 unspecified atom stereocenters. The SMILES string of the molecule is Cc1cccc(-c2nc3sc(C(=O)Nc4ccc(C)cc4C)c(C)c3c(=O)[nH]2)c1. The van der Waals surface area contributed by atoms with E-state index in [0.29, 0.717) is 26.5 Å². The average Bonchev–Trinajstić information content (AvgIpc) is 3.01. The van der Waals surface area contributed by atoms with E-state index in [-0.39, 0.29) is 11.5 Å². The normalized spacial score (nSPS) is 11.0. The van der Waals surface area contributed by atoms with Gasteiger partial charge in [0.15, 0.2) is 0 Å². The molecule has 0 aliphatic heterocycles. The van der Waals surface area contributed by atoms with Crippen molar-refractivity contribution in [2.24, 2.45) is 0 Å². The van der Waals surface area contributed by atoms with Crippen LogP contribution in [0.3, 0.4) is 0 Å². The van der Waals surface area contributed by atoms with E-state index in [1.165, 1.54) is 11.3 Å². The van der Waals surface area contributed by atoms with Crippen LogP contribution in [0.15, 0.2) is 47.3 Å². The minimum absolute atomic E-state index is 0.228. The number of carbonyl (C=O) groups is 1. The second kappa shape index (κ2) is 7.29. The maximum absolute atomic E-state index is 12.9. The van der Waals surface area contributed by atoms with E-state index >= 15 is 0 Å². The molecular formula is C23H21N3O2S. The van der Waals surface area contributed by atoms with Gasteiger partial charge in [0.25, 0.3) is 11.5 Å². The number of hydrogen-bond acceptors (Lipinski definition) is 4. The minimum atomic E-state index is -0.231. The Bertz CT molecular complexity index is 1320. The van der Waals surface area contributed by atoms with E-state index in [2.05, 4.69) is 15.3 Å². The molecule has 2 heterocycles. The van der Waals surface area contributed by atoms with Crippen molar-refractivity contribution >= 4 is 33.1 Å². The zero-order valence-electron chi connectivity index (χ0n) is 16.7. The first kappa shape index (κ1) is 19.1. The second-order valence-corrected chi connectivity index (χ2v) is 8.29. The van der Waals surface area contributed by atoms with Gasteiger partial charge in [-0.25, -0.2) is 4.98 Å². The summed E-state index contributed by atoms with van der Waals surface area (Å²) in [6, 6.07) is 13.7. The van der Waals surface area contributed by atoms with Gasteiger partial charge in [-0.05, 0) is 51.0 Å². The molecule has 29 heavy (non-hydrogen) atoms. The predicted molar refractivity (Wildman–Crippen MR) is 119 cm³/mol. The number of anilines is 1. The third-order valence-electron chi connectivity index (χ3n) is 4.93. The first-order valence-corrected chi connectivity index (χ1v) is 10.1. The van der Waals surface area contributed by atoms with Crippen molar-refractivity contribution in [3.8, 4) is 11.4 Å². The lowest BCUT2D eigenvalue weighted by Crippen LogP contribution is -2.13. The fourth-order valence-electron chi connectivity index (χ4n) is 3.42. The van der Waals surface area contributed by atoms with Gasteiger partial charge in [0.2, 0.25) is 0 Å². The van der Waals surface area contributed by atoms with Crippen LogP contribution < -0.4 is 10.9 Å². The molecule has 0 bridgehead atoms. The van der Waals surface area contributed by atoms with Crippen molar-refractivity contribution in [2.45, 2.75) is 27.7 Å². The molecule has 0 saturated carbocycles. The standard InChI is InChI=1S/C23H21N3O2S/c1-12-6-5-7-16(11-12)20-25-21(27)18-15(4)19(29-23(18)26-20)22(28)24-17-9-8-13(2)10-14(17)3/h5-11H,1-4H3,(H,24,28)(H,25,26,27). The summed E-state index contributed by atoms with van der Waals surface area (Å²) >= 11 is 1.24. The fourth-order valence-corrected chi connectivity index (χ4v) is 4.50. The topological polar surface area (TPSA) is 74.8 Å². The summed E-state index contributed by atoms with van der Waals surface area (Å²) in [4.78, 5) is 34.2. The molecule has 0 saturated heterocycles. The van der Waals surface area contributed by atoms with Gasteiger partial charge in [0.05, 0.1) is 10.3 Å². The summed E-state index contributed by atoms with van der Waals surface area (Å²) in [6.07, 6.45) is 0. The maximum Gasteiger partial charge on any atom is 0.266 e. The number of nitrogens with one attached hydrogen (secondary N) is 2. The van der Waals surface area contributed by atoms with Crippen LogP contribution in [0, 0.1) is 27.7 Å². The third-order valence-corrected chi connectivity index (χ3v) is 6.11. The highest BCUT2D eigenvalue weighted by Crippen LogP contribution is 2.29. The Hall–Kier alpha value is -3.25. The van der Waals surface area contributed by atoms with E-state index in [9.17, 15) is 9.59 Å². The summed E-state index contributed by atoms with van der Waals surface area (Å²) in [5.74, 6) is 0.280. The third kappa shape index (κ3) is 3.59. The van der Waals surface area contributed by atoms with Gasteiger partial charge in [-0.15, -0.1) is 11.3 Å². The zero-order valence-corrected chi connectivity index (χ0v) is 17.5. The second-order valence-electron chi connectivity index (χ2n) is 7.29. The van der Waals surface area contributed by atoms with Crippen LogP contribution in [0.1, 0.15) is 31.9 Å². The number of thiophene rings is 1. The highest BCUT2D eigenvalue weighted by Gasteiger charge is 2.20. The Morgan fingerprint density at radius 3 is 2.52 bits per heavy atom. The molecule has 2 aromatic carbocycles. The number of fused-ring (bicyclic) bond motifs is 1. The molecule has 0 aliphatic carbocycles. The maximum atomic E-state index is 12.9. The summed E-state index contributed by atoms with van der Waals surface area (Å²) in [7, 11) is 0. The van der Waals surface area contributed by atoms with Crippen LogP contribution in [0.25, 0.3) is 21.6 Å². The fraction of sp³-hybridized carbons (Fsp3) is 0.174. The van der Waals surface area contributed by atoms with E-state index in [1.807, 2.05) is 63.2 Å². The number of benzene rings is 2. The largest absolute Gasteiger partial charge is 0.321 e. The minimum Gasteiger partial charge on any atom is -0.321 e. The first-order chi connectivity index (χ1) is 13.8. The van der Waals surface area contributed by atoms with E-state index < -0.39 is 0 Å². The van der Waals surface area contributed by atoms with Gasteiger partial charge in [0, 0.05) is 11.3 Å². The van der Waals surface area contributed by atoms with Crippen LogP contribution in [-0.4, -0.2) is 15.9 Å². The van der Waals surface area contributed by atoms with Crippen molar-refractivity contribution in [3.63, 3.8) is 0 Å². The summed E-state index contributed by atoms with van der Waals surface area (Å²) < 4.78 is 0. The average molecular weight is 404 g/mol. The van der Waals surface area contributed by atoms with Crippen molar-refractivity contribution < 1.29 is 4.79 Å². The Kier molecular flexibility index (Phi) is 4.80. The van der Waals surface area contributed by atoms with E-state index in [0.717, 1.165) is 27.9 Å². The number of aromatic nitrogens is 2. The predicted octanol–water partition coefficient (Wildman–Crippen LogP) is 5.14. The molecule has 1 amide bonds. The smallest absolute Gasteiger partial charge is 0.266 e. The number of hydrogen-bond donors (Lipinski definition) is 2. The lowest BCUT2D eigenvalue weighted by atomic mass is 10.1. The lowest BCUT2D eigenvalue weighted by molar-refractivity contribution is 0.103. The van der Waals surface area contributed by atoms with Gasteiger partial charge in [-0.1, -0.05) is 41.5 Å². The van der Waals surface area contributed by atoms with Gasteiger partial charge in [0.1, 0.15) is 10.7 Å². The van der Waals surface area contributed by atoms with Crippen LogP contribution in [0.4, 0.5) is 5.69 Å². The van der Waals surface area contributed by atoms with Crippen molar-refractivity contribution in [1.29, 1.82) is 0 Å². The molecule has 0 fully saturated rings. The molecule has 0 aliphatic rings. The number of carbonyl (C=O) groups excluding carboxylic acids is 1. The van der Waals surface area contributed by atoms with Crippen molar-refractivity contribution in [1.82, 2.24) is 9.97 Å². The number of rotatable bonds is 3. The molecule has 6 heteroatoms. The number of aromatic amines is 1. The Morgan fingerprint density at radius 1 is 1.03 bits per heavy atom. The summed E-state index contributed by atoms with van der Waals surface area (Å²) in [5, 5.41) is 3.43. The van der Waals surface area contributed by atoms with Crippen LogP contribution in [0.2, 0.25) is 0 Å². The quantitative estimate of drug-likeness (QED) is 0.497. The Balaban J connectivity index is 1.76. The highest BCUT2D eigenvalue weighted by atomic mass is 32.1. The molecule has 4 aromatic rings. The van der Waals surface area contributed by atoms with E-state index in [1.54, 1.807) is 6.92 Å². The molecular weight excluding hydrogens is 382 g/mol. The Morgan fingerprint density at radius 2 is 1.79 bits per heavy atom. The molecule has 146 valence electrons. The monoisotopic (exact) mass is 403 g/mol. The summed E-state index contributed by atoms with van der Waals surface area (Å²) in [5.41, 5.74) is 5.24. The molecule has 5 nitrogen and oxygen atoms in total. The lowest BCUT2D eigenvalue weighted by Gasteiger charge is -2.08. The molecule has 4 rings (SSSR count). The molecule has 0 radical (unpaired) electrons. The van der Waals surface area contributed by atoms with Gasteiger partial charge in [-0.3, -0.25) is 9.59 Å². The first-order valence-electron chi connectivity index (χ1n) is 9.32. The van der Waals surface area contributed by atoms with Crippen LogP contribution >= 0.6 is 11.3 Å². The molecule has 0 spiro atoms. The van der Waals surface area contributed by atoms with Crippen LogP contribution in [0.5, 0.6) is 0 Å². The Labute approximate surface area is 172 Å². The highest BCUT2D eigenvalue weighted by molar-refractivity contribution is 7.20.